The van der Waals surface area contributed by atoms with Crippen LogP contribution < -0.4 is 0 Å². The number of amides is 1. The van der Waals surface area contributed by atoms with E-state index in [2.05, 4.69) is 12.7 Å². The molecular formula is C18H23NO3S. The van der Waals surface area contributed by atoms with Gasteiger partial charge in [-0.15, -0.1) is 6.58 Å². The van der Waals surface area contributed by atoms with Gasteiger partial charge in [-0.3, -0.25) is 4.79 Å². The van der Waals surface area contributed by atoms with Gasteiger partial charge >= 0.3 is 0 Å². The zero-order valence-corrected chi connectivity index (χ0v) is 14.2. The molecule has 0 unspecified atom stereocenters. The molecule has 0 fully saturated rings. The van der Waals surface area contributed by atoms with Crippen LogP contribution in [0.1, 0.15) is 26.2 Å². The summed E-state index contributed by atoms with van der Waals surface area (Å²) in [5, 5.41) is 0. The summed E-state index contributed by atoms with van der Waals surface area (Å²) >= 11 is 0. The Bertz CT molecular complexity index is 679. The number of sulfone groups is 1. The fourth-order valence-electron chi connectivity index (χ4n) is 2.90. The highest BCUT2D eigenvalue weighted by Gasteiger charge is 2.29. The van der Waals surface area contributed by atoms with Gasteiger partial charge in [0.05, 0.1) is 10.6 Å². The Morgan fingerprint density at radius 2 is 2.04 bits per heavy atom. The minimum Gasteiger partial charge on any atom is -0.333 e. The first-order valence-electron chi connectivity index (χ1n) is 7.82. The number of hydrogen-bond acceptors (Lipinski definition) is 3. The first-order valence-corrected chi connectivity index (χ1v) is 9.47. The number of carbonyl (C=O) groups is 1. The summed E-state index contributed by atoms with van der Waals surface area (Å²) in [6, 6.07) is 8.32. The van der Waals surface area contributed by atoms with Crippen molar-refractivity contribution in [2.45, 2.75) is 43.2 Å². The zero-order valence-electron chi connectivity index (χ0n) is 13.4. The highest BCUT2D eigenvalue weighted by molar-refractivity contribution is 7.91. The normalized spacial score (nSPS) is 21.2. The lowest BCUT2D eigenvalue weighted by Crippen LogP contribution is -2.47. The largest absolute Gasteiger partial charge is 0.333 e. The van der Waals surface area contributed by atoms with Gasteiger partial charge in [0, 0.05) is 18.5 Å². The van der Waals surface area contributed by atoms with Crippen molar-refractivity contribution in [2.75, 3.05) is 5.75 Å². The molecule has 0 aliphatic carbocycles. The van der Waals surface area contributed by atoms with E-state index in [-0.39, 0.29) is 35.1 Å². The molecule has 1 amide bonds. The minimum atomic E-state index is -3.43. The molecule has 1 heterocycles. The molecule has 1 aromatic rings. The molecule has 0 saturated carbocycles. The molecule has 1 aliphatic rings. The lowest BCUT2D eigenvalue weighted by atomic mass is 10.00. The average Bonchev–Trinajstić information content (AvgIpc) is 2.54. The maximum atomic E-state index is 12.6. The molecule has 1 aliphatic heterocycles. The average molecular weight is 333 g/mol. The first kappa shape index (κ1) is 17.5. The van der Waals surface area contributed by atoms with Crippen molar-refractivity contribution in [3.63, 3.8) is 0 Å². The number of hydrogen-bond donors (Lipinski definition) is 0. The second kappa shape index (κ2) is 7.59. The summed E-state index contributed by atoms with van der Waals surface area (Å²) in [5.74, 6) is -0.281. The third-order valence-electron chi connectivity index (χ3n) is 4.07. The van der Waals surface area contributed by atoms with Crippen molar-refractivity contribution in [1.29, 1.82) is 0 Å². The molecule has 0 saturated heterocycles. The molecule has 5 heteroatoms. The molecule has 124 valence electrons. The smallest absolute Gasteiger partial charge is 0.224 e. The van der Waals surface area contributed by atoms with Crippen LogP contribution in [0.2, 0.25) is 0 Å². The Kier molecular flexibility index (Phi) is 5.77. The van der Waals surface area contributed by atoms with Gasteiger partial charge in [0.1, 0.15) is 0 Å². The highest BCUT2D eigenvalue weighted by atomic mass is 32.2. The van der Waals surface area contributed by atoms with Crippen molar-refractivity contribution in [1.82, 2.24) is 4.90 Å². The van der Waals surface area contributed by atoms with E-state index in [4.69, 9.17) is 0 Å². The van der Waals surface area contributed by atoms with Crippen LogP contribution in [0.3, 0.4) is 0 Å². The molecular weight excluding hydrogens is 310 g/mol. The van der Waals surface area contributed by atoms with E-state index < -0.39 is 9.84 Å². The van der Waals surface area contributed by atoms with Crippen LogP contribution in [-0.4, -0.2) is 37.1 Å². The molecule has 0 N–H and O–H groups in total. The third kappa shape index (κ3) is 4.32. The van der Waals surface area contributed by atoms with E-state index in [0.717, 1.165) is 6.42 Å². The summed E-state index contributed by atoms with van der Waals surface area (Å²) < 4.78 is 24.6. The van der Waals surface area contributed by atoms with Crippen molar-refractivity contribution in [2.24, 2.45) is 0 Å². The Morgan fingerprint density at radius 1 is 1.35 bits per heavy atom. The van der Waals surface area contributed by atoms with Crippen LogP contribution in [0, 0.1) is 0 Å². The second-order valence-electron chi connectivity index (χ2n) is 5.77. The number of carbonyl (C=O) groups excluding carboxylic acids is 1. The predicted molar refractivity (Wildman–Crippen MR) is 91.8 cm³/mol. The summed E-state index contributed by atoms with van der Waals surface area (Å²) in [7, 11) is -3.43. The Labute approximate surface area is 138 Å². The van der Waals surface area contributed by atoms with Gasteiger partial charge in [0.15, 0.2) is 9.84 Å². The van der Waals surface area contributed by atoms with Gasteiger partial charge in [-0.05, 0) is 31.9 Å². The van der Waals surface area contributed by atoms with Crippen LogP contribution in [0.4, 0.5) is 0 Å². The van der Waals surface area contributed by atoms with Gasteiger partial charge in [-0.2, -0.15) is 0 Å². The molecule has 0 bridgehead atoms. The number of nitrogens with zero attached hydrogens (tertiary/aromatic N) is 1. The maximum absolute atomic E-state index is 12.6. The maximum Gasteiger partial charge on any atom is 0.224 e. The van der Waals surface area contributed by atoms with E-state index in [1.165, 1.54) is 0 Å². The van der Waals surface area contributed by atoms with E-state index in [0.29, 0.717) is 6.42 Å². The SMILES string of the molecule is C=CC[C@@H]1CC=C[C@@H](C)N1C(=O)CCS(=O)(=O)c1ccccc1. The summed E-state index contributed by atoms with van der Waals surface area (Å²) in [6.45, 7) is 5.69. The zero-order chi connectivity index (χ0) is 16.9. The summed E-state index contributed by atoms with van der Waals surface area (Å²) in [6.07, 6.45) is 7.37. The van der Waals surface area contributed by atoms with Gasteiger partial charge in [-0.1, -0.05) is 36.4 Å². The third-order valence-corrected chi connectivity index (χ3v) is 5.80. The van der Waals surface area contributed by atoms with Gasteiger partial charge in [-0.25, -0.2) is 8.42 Å². The lowest BCUT2D eigenvalue weighted by molar-refractivity contribution is -0.134. The number of rotatable bonds is 6. The molecule has 0 spiro atoms. The molecule has 0 radical (unpaired) electrons. The van der Waals surface area contributed by atoms with E-state index in [1.807, 2.05) is 13.0 Å². The highest BCUT2D eigenvalue weighted by Crippen LogP contribution is 2.22. The second-order valence-corrected chi connectivity index (χ2v) is 7.87. The van der Waals surface area contributed by atoms with Gasteiger partial charge < -0.3 is 4.90 Å². The quantitative estimate of drug-likeness (QED) is 0.752. The lowest BCUT2D eigenvalue weighted by Gasteiger charge is -2.37. The van der Waals surface area contributed by atoms with Crippen LogP contribution in [-0.2, 0) is 14.6 Å². The Hall–Kier alpha value is -1.88. The topological polar surface area (TPSA) is 54.5 Å². The van der Waals surface area contributed by atoms with Crippen molar-refractivity contribution in [3.8, 4) is 0 Å². The van der Waals surface area contributed by atoms with E-state index in [1.54, 1.807) is 41.3 Å². The monoisotopic (exact) mass is 333 g/mol. The fourth-order valence-corrected chi connectivity index (χ4v) is 4.15. The van der Waals surface area contributed by atoms with Gasteiger partial charge in [0.25, 0.3) is 0 Å². The van der Waals surface area contributed by atoms with Crippen molar-refractivity contribution in [3.05, 3.63) is 55.1 Å². The van der Waals surface area contributed by atoms with Crippen LogP contribution in [0.25, 0.3) is 0 Å². The molecule has 2 atom stereocenters. The minimum absolute atomic E-state index is 0.00303. The van der Waals surface area contributed by atoms with E-state index >= 15 is 0 Å². The van der Waals surface area contributed by atoms with Crippen LogP contribution >= 0.6 is 0 Å². The summed E-state index contributed by atoms with van der Waals surface area (Å²) in [5.41, 5.74) is 0. The molecule has 2 rings (SSSR count). The van der Waals surface area contributed by atoms with Crippen molar-refractivity contribution >= 4 is 15.7 Å². The van der Waals surface area contributed by atoms with E-state index in [9.17, 15) is 13.2 Å². The Morgan fingerprint density at radius 3 is 2.70 bits per heavy atom. The Balaban J connectivity index is 2.06. The molecule has 4 nitrogen and oxygen atoms in total. The number of benzene rings is 1. The van der Waals surface area contributed by atoms with Crippen LogP contribution in [0.5, 0.6) is 0 Å². The molecule has 0 aromatic heterocycles. The fraction of sp³-hybridized carbons (Fsp3) is 0.389. The predicted octanol–water partition coefficient (Wildman–Crippen LogP) is 2.97. The van der Waals surface area contributed by atoms with Crippen molar-refractivity contribution < 1.29 is 13.2 Å². The summed E-state index contributed by atoms with van der Waals surface area (Å²) in [4.78, 5) is 14.6. The standard InChI is InChI=1S/C18H23NO3S/c1-3-8-16-10-7-9-15(2)19(16)18(20)13-14-23(21,22)17-11-5-4-6-12-17/h3-7,9,11-12,15-16H,1,8,10,13-14H2,2H3/t15-,16-/m1/s1. The van der Waals surface area contributed by atoms with Crippen LogP contribution in [0.15, 0.2) is 60.0 Å². The first-order chi connectivity index (χ1) is 11.0. The molecule has 1 aromatic carbocycles. The molecule has 23 heavy (non-hydrogen) atoms. The van der Waals surface area contributed by atoms with Gasteiger partial charge in [0.2, 0.25) is 5.91 Å².